The third-order valence-electron chi connectivity index (χ3n) is 2.69. The van der Waals surface area contributed by atoms with Gasteiger partial charge in [-0.25, -0.2) is 0 Å². The van der Waals surface area contributed by atoms with Gasteiger partial charge in [0.05, 0.1) is 39.1 Å². The first-order valence-electron chi connectivity index (χ1n) is 6.39. The molecule has 0 radical (unpaired) electrons. The number of cyclic esters (lactones) is 3. The molecule has 3 N–H and O–H groups in total. The lowest BCUT2D eigenvalue weighted by atomic mass is 10.2. The van der Waals surface area contributed by atoms with Crippen LogP contribution in [-0.2, 0) is 28.6 Å². The lowest BCUT2D eigenvalue weighted by Crippen LogP contribution is -2.35. The van der Waals surface area contributed by atoms with Crippen LogP contribution in [0.3, 0.4) is 0 Å². The van der Waals surface area contributed by atoms with Crippen LogP contribution >= 0.6 is 0 Å². The molecule has 1 rings (SSSR count). The fourth-order valence-electron chi connectivity index (χ4n) is 1.69. The molecule has 9 heteroatoms. The molecule has 0 saturated carbocycles. The Morgan fingerprint density at radius 2 is 0.905 bits per heavy atom. The van der Waals surface area contributed by atoms with Gasteiger partial charge >= 0.3 is 17.9 Å². The summed E-state index contributed by atoms with van der Waals surface area (Å²) >= 11 is 0. The summed E-state index contributed by atoms with van der Waals surface area (Å²) in [7, 11) is 0. The zero-order valence-corrected chi connectivity index (χ0v) is 11.3. The molecule has 120 valence electrons. The first-order chi connectivity index (χ1) is 9.98. The Hall–Kier alpha value is -1.71. The van der Waals surface area contributed by atoms with Crippen molar-refractivity contribution in [1.29, 1.82) is 0 Å². The SMILES string of the molecule is O=C1CC(CO)OC(=O)CC(CO)OC(=O)CC(CO)O1. The van der Waals surface area contributed by atoms with Crippen LogP contribution in [0.25, 0.3) is 0 Å². The van der Waals surface area contributed by atoms with Crippen molar-refractivity contribution in [3.63, 3.8) is 0 Å². The first kappa shape index (κ1) is 17.3. The molecule has 1 fully saturated rings. The van der Waals surface area contributed by atoms with Crippen LogP contribution in [0.2, 0.25) is 0 Å². The molecule has 21 heavy (non-hydrogen) atoms. The van der Waals surface area contributed by atoms with E-state index in [1.54, 1.807) is 0 Å². The number of hydrogen-bond acceptors (Lipinski definition) is 9. The maximum Gasteiger partial charge on any atom is 0.310 e. The molecule has 0 aromatic heterocycles. The fraction of sp³-hybridized carbons (Fsp3) is 0.750. The minimum atomic E-state index is -1.10. The summed E-state index contributed by atoms with van der Waals surface area (Å²) in [4.78, 5) is 34.6. The van der Waals surface area contributed by atoms with Crippen molar-refractivity contribution < 1.29 is 43.9 Å². The minimum Gasteiger partial charge on any atom is -0.459 e. The second kappa shape index (κ2) is 8.55. The molecule has 9 nitrogen and oxygen atoms in total. The molecule has 0 aliphatic carbocycles. The molecule has 0 bridgehead atoms. The van der Waals surface area contributed by atoms with Gasteiger partial charge in [-0.1, -0.05) is 0 Å². The smallest absolute Gasteiger partial charge is 0.310 e. The molecule has 1 heterocycles. The predicted octanol–water partition coefficient (Wildman–Crippen LogP) is -2.12. The lowest BCUT2D eigenvalue weighted by molar-refractivity contribution is -0.171. The number of ether oxygens (including phenoxy) is 3. The van der Waals surface area contributed by atoms with Crippen molar-refractivity contribution in [3.8, 4) is 0 Å². The van der Waals surface area contributed by atoms with Gasteiger partial charge < -0.3 is 29.5 Å². The van der Waals surface area contributed by atoms with Crippen molar-refractivity contribution >= 4 is 17.9 Å². The Morgan fingerprint density at radius 1 is 0.667 bits per heavy atom. The number of aliphatic hydroxyl groups is 3. The van der Waals surface area contributed by atoms with Crippen LogP contribution < -0.4 is 0 Å². The number of rotatable bonds is 3. The van der Waals surface area contributed by atoms with E-state index in [1.165, 1.54) is 0 Å². The second-order valence-corrected chi connectivity index (χ2v) is 4.50. The van der Waals surface area contributed by atoms with Gasteiger partial charge in [-0.3, -0.25) is 14.4 Å². The normalized spacial score (nSPS) is 28.7. The van der Waals surface area contributed by atoms with Crippen molar-refractivity contribution in [2.75, 3.05) is 19.8 Å². The van der Waals surface area contributed by atoms with Crippen molar-refractivity contribution in [3.05, 3.63) is 0 Å². The van der Waals surface area contributed by atoms with Crippen LogP contribution in [0.4, 0.5) is 0 Å². The molecule has 3 unspecified atom stereocenters. The van der Waals surface area contributed by atoms with E-state index in [1.807, 2.05) is 0 Å². The maximum atomic E-state index is 11.5. The van der Waals surface area contributed by atoms with Gasteiger partial charge in [0.1, 0.15) is 18.3 Å². The summed E-state index contributed by atoms with van der Waals surface area (Å²) in [6.07, 6.45) is -4.51. The highest BCUT2D eigenvalue weighted by atomic mass is 16.6. The summed E-state index contributed by atoms with van der Waals surface area (Å²) in [5, 5.41) is 27.2. The van der Waals surface area contributed by atoms with E-state index in [9.17, 15) is 14.4 Å². The van der Waals surface area contributed by atoms with Crippen molar-refractivity contribution in [1.82, 2.24) is 0 Å². The van der Waals surface area contributed by atoms with E-state index in [4.69, 9.17) is 29.5 Å². The molecule has 0 amide bonds. The number of carbonyl (C=O) groups excluding carboxylic acids is 3. The second-order valence-electron chi connectivity index (χ2n) is 4.50. The quantitative estimate of drug-likeness (QED) is 0.394. The van der Waals surface area contributed by atoms with Gasteiger partial charge in [0.25, 0.3) is 0 Å². The summed E-state index contributed by atoms with van der Waals surface area (Å²) in [6, 6.07) is 0. The highest BCUT2D eigenvalue weighted by Crippen LogP contribution is 2.11. The molecule has 1 aliphatic heterocycles. The summed E-state index contributed by atoms with van der Waals surface area (Å²) in [6.45, 7) is -1.77. The average molecular weight is 306 g/mol. The van der Waals surface area contributed by atoms with E-state index in [2.05, 4.69) is 0 Å². The van der Waals surface area contributed by atoms with Gasteiger partial charge in [-0.05, 0) is 0 Å². The Morgan fingerprint density at radius 3 is 1.10 bits per heavy atom. The van der Waals surface area contributed by atoms with Crippen LogP contribution in [0.5, 0.6) is 0 Å². The standard InChI is InChI=1S/C12H18O9/c13-4-7-1-10(16)20-8(5-14)2-12(18)21-9(6-15)3-11(17)19-7/h7-9,13-15H,1-6H2. The highest BCUT2D eigenvalue weighted by molar-refractivity contribution is 5.75. The van der Waals surface area contributed by atoms with E-state index in [0.717, 1.165) is 0 Å². The van der Waals surface area contributed by atoms with Gasteiger partial charge in [-0.15, -0.1) is 0 Å². The molecule has 3 atom stereocenters. The van der Waals surface area contributed by atoms with Gasteiger partial charge in [-0.2, -0.15) is 0 Å². The van der Waals surface area contributed by atoms with Crippen molar-refractivity contribution in [2.24, 2.45) is 0 Å². The van der Waals surface area contributed by atoms with Crippen LogP contribution in [-0.4, -0.2) is 71.4 Å². The molecule has 0 aromatic carbocycles. The number of esters is 3. The molecular formula is C12H18O9. The number of hydrogen-bond donors (Lipinski definition) is 3. The van der Waals surface area contributed by atoms with E-state index < -0.39 is 75.3 Å². The first-order valence-corrected chi connectivity index (χ1v) is 6.39. The number of carbonyl (C=O) groups is 3. The third kappa shape index (κ3) is 6.06. The number of aliphatic hydroxyl groups excluding tert-OH is 3. The maximum absolute atomic E-state index is 11.5. The third-order valence-corrected chi connectivity index (χ3v) is 2.69. The Labute approximate surface area is 120 Å². The zero-order valence-electron chi connectivity index (χ0n) is 11.3. The lowest BCUT2D eigenvalue weighted by Gasteiger charge is -2.22. The monoisotopic (exact) mass is 306 g/mol. The molecule has 1 saturated heterocycles. The fourth-order valence-corrected chi connectivity index (χ4v) is 1.69. The summed E-state index contributed by atoms with van der Waals surface area (Å²) in [5.41, 5.74) is 0. The predicted molar refractivity (Wildman–Crippen MR) is 64.7 cm³/mol. The largest absolute Gasteiger partial charge is 0.459 e. The Kier molecular flexibility index (Phi) is 7.06. The Bertz CT molecular complexity index is 300. The molecule has 0 spiro atoms. The topological polar surface area (TPSA) is 140 Å². The molecule has 0 aromatic rings. The van der Waals surface area contributed by atoms with Gasteiger partial charge in [0.2, 0.25) is 0 Å². The van der Waals surface area contributed by atoms with Gasteiger partial charge in [0.15, 0.2) is 0 Å². The van der Waals surface area contributed by atoms with Gasteiger partial charge in [0, 0.05) is 0 Å². The molecule has 1 aliphatic rings. The zero-order chi connectivity index (χ0) is 15.8. The van der Waals surface area contributed by atoms with Crippen molar-refractivity contribution in [2.45, 2.75) is 37.6 Å². The summed E-state index contributed by atoms with van der Waals surface area (Å²) in [5.74, 6) is -2.48. The van der Waals surface area contributed by atoms with Crippen LogP contribution in [0.1, 0.15) is 19.3 Å². The van der Waals surface area contributed by atoms with Crippen LogP contribution in [0.15, 0.2) is 0 Å². The average Bonchev–Trinajstić information content (AvgIpc) is 2.43. The van der Waals surface area contributed by atoms with E-state index >= 15 is 0 Å². The minimum absolute atomic E-state index is 0.405. The molecular weight excluding hydrogens is 288 g/mol. The van der Waals surface area contributed by atoms with E-state index in [-0.39, 0.29) is 0 Å². The van der Waals surface area contributed by atoms with Crippen LogP contribution in [0, 0.1) is 0 Å². The summed E-state index contributed by atoms with van der Waals surface area (Å²) < 4.78 is 14.5. The highest BCUT2D eigenvalue weighted by Gasteiger charge is 2.27. The van der Waals surface area contributed by atoms with E-state index in [0.29, 0.717) is 0 Å². The Balaban J connectivity index is 2.82.